The highest BCUT2D eigenvalue weighted by atomic mass is 127. The van der Waals surface area contributed by atoms with E-state index in [-0.39, 0.29) is 12.2 Å². The molecular formula is C31H26I2N2O5S. The molecule has 0 spiro atoms. The summed E-state index contributed by atoms with van der Waals surface area (Å²) in [6.07, 6.45) is 1.85. The molecule has 0 saturated carbocycles. The molecule has 3 aromatic carbocycles. The maximum atomic E-state index is 14.2. The van der Waals surface area contributed by atoms with Crippen LogP contribution in [0, 0.1) is 7.14 Å². The van der Waals surface area contributed by atoms with Gasteiger partial charge in [0.05, 0.1) is 45.7 Å². The Labute approximate surface area is 268 Å². The number of rotatable bonds is 8. The van der Waals surface area contributed by atoms with Crippen LogP contribution >= 0.6 is 56.5 Å². The van der Waals surface area contributed by atoms with Crippen molar-refractivity contribution < 1.29 is 19.0 Å². The van der Waals surface area contributed by atoms with Gasteiger partial charge in [0.1, 0.15) is 11.5 Å². The Bertz CT molecular complexity index is 1810. The summed E-state index contributed by atoms with van der Waals surface area (Å²) in [5.74, 6) is 0.877. The number of carbonyl (C=O) groups is 1. The molecule has 0 amide bonds. The van der Waals surface area contributed by atoms with E-state index in [4.69, 9.17) is 19.2 Å². The standard InChI is InChI=1S/C31H26I2N2O5S/c1-4-39-28-20(15-21(32)17-23(28)33)16-24-29(36)35-27(19-11-13-22(38-3)14-12-19)25(30(37)40-5-2)26(34-31(35)41-24)18-9-7-6-8-10-18/h6-17,27H,4-5H2,1-3H3/b24-16-/t27-/m0/s1. The van der Waals surface area contributed by atoms with Crippen molar-refractivity contribution in [1.82, 2.24) is 4.57 Å². The van der Waals surface area contributed by atoms with E-state index < -0.39 is 12.0 Å². The van der Waals surface area contributed by atoms with Crippen molar-refractivity contribution in [2.75, 3.05) is 20.3 Å². The van der Waals surface area contributed by atoms with Crippen molar-refractivity contribution in [3.05, 3.63) is 116 Å². The van der Waals surface area contributed by atoms with E-state index in [1.807, 2.05) is 79.7 Å². The zero-order valence-corrected chi connectivity index (χ0v) is 27.7. The van der Waals surface area contributed by atoms with Crippen LogP contribution in [0.15, 0.2) is 82.1 Å². The Hall–Kier alpha value is -2.97. The van der Waals surface area contributed by atoms with Crippen molar-refractivity contribution in [2.45, 2.75) is 19.9 Å². The lowest BCUT2D eigenvalue weighted by Gasteiger charge is -2.26. The zero-order chi connectivity index (χ0) is 29.1. The van der Waals surface area contributed by atoms with Crippen LogP contribution in [-0.4, -0.2) is 30.9 Å². The van der Waals surface area contributed by atoms with Crippen LogP contribution in [-0.2, 0) is 9.53 Å². The van der Waals surface area contributed by atoms with E-state index in [2.05, 4.69) is 45.2 Å². The Morgan fingerprint density at radius 3 is 2.44 bits per heavy atom. The third-order valence-corrected chi connectivity index (χ3v) is 8.82. The van der Waals surface area contributed by atoms with Gasteiger partial charge in [-0.25, -0.2) is 9.79 Å². The van der Waals surface area contributed by atoms with Crippen LogP contribution in [0.1, 0.15) is 36.6 Å². The molecule has 0 N–H and O–H groups in total. The van der Waals surface area contributed by atoms with Gasteiger partial charge in [-0.15, -0.1) is 0 Å². The van der Waals surface area contributed by atoms with E-state index in [0.29, 0.717) is 33.0 Å². The number of esters is 1. The first kappa shape index (κ1) is 29.5. The highest BCUT2D eigenvalue weighted by Gasteiger charge is 2.35. The smallest absolute Gasteiger partial charge is 0.338 e. The molecular weight excluding hydrogens is 766 g/mol. The fourth-order valence-electron chi connectivity index (χ4n) is 4.67. The summed E-state index contributed by atoms with van der Waals surface area (Å²) >= 11 is 5.79. The first-order valence-electron chi connectivity index (χ1n) is 12.9. The van der Waals surface area contributed by atoms with Gasteiger partial charge in [0.25, 0.3) is 5.56 Å². The van der Waals surface area contributed by atoms with E-state index in [0.717, 1.165) is 29.6 Å². The molecule has 1 aliphatic heterocycles. The number of carbonyl (C=O) groups excluding carboxylic acids is 1. The maximum Gasteiger partial charge on any atom is 0.338 e. The predicted molar refractivity (Wildman–Crippen MR) is 177 cm³/mol. The number of nitrogens with zero attached hydrogens (tertiary/aromatic N) is 2. The van der Waals surface area contributed by atoms with Gasteiger partial charge in [0.2, 0.25) is 0 Å². The molecule has 41 heavy (non-hydrogen) atoms. The summed E-state index contributed by atoms with van der Waals surface area (Å²) in [6, 6.07) is 20.1. The lowest BCUT2D eigenvalue weighted by molar-refractivity contribution is -0.138. The molecule has 0 saturated heterocycles. The molecule has 0 radical (unpaired) electrons. The third-order valence-electron chi connectivity index (χ3n) is 6.42. The van der Waals surface area contributed by atoms with E-state index >= 15 is 0 Å². The lowest BCUT2D eigenvalue weighted by Crippen LogP contribution is -2.40. The van der Waals surface area contributed by atoms with Crippen molar-refractivity contribution >= 4 is 74.3 Å². The van der Waals surface area contributed by atoms with Crippen molar-refractivity contribution in [3.63, 3.8) is 0 Å². The minimum atomic E-state index is -0.754. The molecule has 5 rings (SSSR count). The van der Waals surface area contributed by atoms with Gasteiger partial charge in [-0.1, -0.05) is 53.8 Å². The molecule has 210 valence electrons. The topological polar surface area (TPSA) is 79.1 Å². The second kappa shape index (κ2) is 12.9. The summed E-state index contributed by atoms with van der Waals surface area (Å²) < 4.78 is 20.9. The third kappa shape index (κ3) is 6.00. The van der Waals surface area contributed by atoms with E-state index in [9.17, 15) is 9.59 Å². The van der Waals surface area contributed by atoms with Gasteiger partial charge in [-0.3, -0.25) is 9.36 Å². The molecule has 10 heteroatoms. The van der Waals surface area contributed by atoms with Crippen molar-refractivity contribution in [3.8, 4) is 11.5 Å². The number of halogens is 2. The van der Waals surface area contributed by atoms with Gasteiger partial charge < -0.3 is 14.2 Å². The largest absolute Gasteiger partial charge is 0.497 e. The number of fused-ring (bicyclic) bond motifs is 1. The molecule has 0 aliphatic carbocycles. The van der Waals surface area contributed by atoms with E-state index in [1.165, 1.54) is 11.3 Å². The highest BCUT2D eigenvalue weighted by Crippen LogP contribution is 2.36. The second-order valence-corrected chi connectivity index (χ2v) is 12.4. The summed E-state index contributed by atoms with van der Waals surface area (Å²) in [6.45, 7) is 4.38. The van der Waals surface area contributed by atoms with E-state index in [1.54, 1.807) is 18.6 Å². The monoisotopic (exact) mass is 792 g/mol. The lowest BCUT2D eigenvalue weighted by atomic mass is 9.93. The molecule has 1 atom stereocenters. The highest BCUT2D eigenvalue weighted by molar-refractivity contribution is 14.1. The first-order chi connectivity index (χ1) is 19.9. The SMILES string of the molecule is CCOC(=O)C1=C(c2ccccc2)N=c2s/c(=C\c3cc(I)cc(I)c3OCC)c(=O)n2[C@H]1c1ccc(OC)cc1. The molecule has 7 nitrogen and oxygen atoms in total. The van der Waals surface area contributed by atoms with Crippen molar-refractivity contribution in [2.24, 2.45) is 4.99 Å². The molecule has 2 heterocycles. The quantitative estimate of drug-likeness (QED) is 0.173. The Kier molecular flexibility index (Phi) is 9.29. The zero-order valence-electron chi connectivity index (χ0n) is 22.5. The number of aromatic nitrogens is 1. The van der Waals surface area contributed by atoms with Crippen LogP contribution in [0.2, 0.25) is 0 Å². The molecule has 1 aliphatic rings. The van der Waals surface area contributed by atoms with Gasteiger partial charge in [-0.2, -0.15) is 0 Å². The number of thiazole rings is 1. The van der Waals surface area contributed by atoms with Crippen LogP contribution in [0.4, 0.5) is 0 Å². The molecule has 0 bridgehead atoms. The minimum Gasteiger partial charge on any atom is -0.497 e. The minimum absolute atomic E-state index is 0.190. The molecule has 4 aromatic rings. The normalized spacial score (nSPS) is 14.9. The Balaban J connectivity index is 1.83. The Morgan fingerprint density at radius 2 is 1.78 bits per heavy atom. The van der Waals surface area contributed by atoms with Gasteiger partial charge in [-0.05, 0) is 94.9 Å². The first-order valence-corrected chi connectivity index (χ1v) is 15.9. The van der Waals surface area contributed by atoms with Crippen molar-refractivity contribution in [1.29, 1.82) is 0 Å². The predicted octanol–water partition coefficient (Wildman–Crippen LogP) is 5.55. The van der Waals surface area contributed by atoms with Gasteiger partial charge >= 0.3 is 5.97 Å². The van der Waals surface area contributed by atoms with Crippen LogP contribution in [0.3, 0.4) is 0 Å². The maximum absolute atomic E-state index is 14.2. The number of hydrogen-bond acceptors (Lipinski definition) is 7. The fourth-order valence-corrected chi connectivity index (χ4v) is 7.70. The second-order valence-electron chi connectivity index (χ2n) is 8.94. The van der Waals surface area contributed by atoms with Gasteiger partial charge in [0.15, 0.2) is 4.80 Å². The molecule has 0 unspecified atom stereocenters. The number of benzene rings is 3. The molecule has 0 fully saturated rings. The number of ether oxygens (including phenoxy) is 3. The number of hydrogen-bond donors (Lipinski definition) is 0. The van der Waals surface area contributed by atoms with Crippen LogP contribution in [0.25, 0.3) is 11.8 Å². The molecule has 1 aromatic heterocycles. The summed E-state index contributed by atoms with van der Waals surface area (Å²) in [5.41, 5.74) is 2.85. The summed E-state index contributed by atoms with van der Waals surface area (Å²) in [4.78, 5) is 33.2. The Morgan fingerprint density at radius 1 is 1.05 bits per heavy atom. The number of methoxy groups -OCH3 is 1. The summed E-state index contributed by atoms with van der Waals surface area (Å²) in [7, 11) is 1.60. The van der Waals surface area contributed by atoms with Crippen LogP contribution < -0.4 is 24.4 Å². The average Bonchev–Trinajstić information content (AvgIpc) is 3.28. The van der Waals surface area contributed by atoms with Gasteiger partial charge in [0, 0.05) is 14.7 Å². The average molecular weight is 792 g/mol. The van der Waals surface area contributed by atoms with Crippen LogP contribution in [0.5, 0.6) is 11.5 Å². The summed E-state index contributed by atoms with van der Waals surface area (Å²) in [5, 5.41) is 0. The fraction of sp³-hybridized carbons (Fsp3) is 0.194.